The van der Waals surface area contributed by atoms with Gasteiger partial charge in [0.05, 0.1) is 19.0 Å². The Balaban J connectivity index is 1.11. The van der Waals surface area contributed by atoms with E-state index >= 15 is 0 Å². The highest BCUT2D eigenvalue weighted by Gasteiger charge is 2.34. The average molecular weight is 500 g/mol. The van der Waals surface area contributed by atoms with Gasteiger partial charge in [-0.2, -0.15) is 0 Å². The zero-order valence-electron chi connectivity index (χ0n) is 20.5. The molecule has 2 saturated heterocycles. The molecule has 36 heavy (non-hydrogen) atoms. The first-order valence-corrected chi connectivity index (χ1v) is 12.4. The number of hydrogen-bond donors (Lipinski definition) is 1. The van der Waals surface area contributed by atoms with Crippen LogP contribution in [0.25, 0.3) is 0 Å². The standard InChI is InChI=1S/C25H31F2N7O2/c1-15(2)23-31-32-25(36-23)33-7-5-16(6-8-33)14-35-18-10-29-24(30-11-18)34-12-20(22(28)13-34)19-9-17(26)3-4-21(19)27/h3-4,9-11,15-16,20,22H,5-8,12-14,28H2,1-2H3. The second-order valence-corrected chi connectivity index (χ2v) is 9.88. The van der Waals surface area contributed by atoms with Gasteiger partial charge in [0, 0.05) is 44.1 Å². The lowest BCUT2D eigenvalue weighted by molar-refractivity contribution is 0.219. The minimum absolute atomic E-state index is 0.214. The third-order valence-corrected chi connectivity index (χ3v) is 6.91. The smallest absolute Gasteiger partial charge is 0.318 e. The van der Waals surface area contributed by atoms with E-state index in [4.69, 9.17) is 14.9 Å². The van der Waals surface area contributed by atoms with Crippen molar-refractivity contribution in [3.8, 4) is 5.75 Å². The number of anilines is 2. The maximum absolute atomic E-state index is 14.3. The van der Waals surface area contributed by atoms with Crippen molar-refractivity contribution >= 4 is 12.0 Å². The van der Waals surface area contributed by atoms with Gasteiger partial charge < -0.3 is 24.7 Å². The van der Waals surface area contributed by atoms with Gasteiger partial charge in [0.1, 0.15) is 11.6 Å². The Morgan fingerprint density at radius 1 is 1.08 bits per heavy atom. The van der Waals surface area contributed by atoms with E-state index in [1.165, 1.54) is 6.07 Å². The van der Waals surface area contributed by atoms with Gasteiger partial charge in [0.25, 0.3) is 0 Å². The van der Waals surface area contributed by atoms with Gasteiger partial charge in [-0.1, -0.05) is 18.9 Å². The lowest BCUT2D eigenvalue weighted by Gasteiger charge is -2.30. The van der Waals surface area contributed by atoms with Crippen LogP contribution in [0.4, 0.5) is 20.7 Å². The van der Waals surface area contributed by atoms with Crippen molar-refractivity contribution in [2.24, 2.45) is 11.7 Å². The summed E-state index contributed by atoms with van der Waals surface area (Å²) in [4.78, 5) is 12.9. The average Bonchev–Trinajstić information content (AvgIpc) is 3.52. The molecule has 0 saturated carbocycles. The molecule has 4 heterocycles. The number of nitrogens with two attached hydrogens (primary N) is 1. The highest BCUT2D eigenvalue weighted by molar-refractivity contribution is 5.39. The van der Waals surface area contributed by atoms with E-state index in [1.54, 1.807) is 12.4 Å². The van der Waals surface area contributed by atoms with Crippen molar-refractivity contribution in [3.63, 3.8) is 0 Å². The Morgan fingerprint density at radius 2 is 1.83 bits per heavy atom. The van der Waals surface area contributed by atoms with Gasteiger partial charge in [0.2, 0.25) is 11.8 Å². The number of ether oxygens (including phenoxy) is 1. The summed E-state index contributed by atoms with van der Waals surface area (Å²) in [7, 11) is 0. The predicted octanol–water partition coefficient (Wildman–Crippen LogP) is 3.49. The van der Waals surface area contributed by atoms with Crippen LogP contribution in [0, 0.1) is 17.6 Å². The fourth-order valence-electron chi connectivity index (χ4n) is 4.76. The zero-order valence-corrected chi connectivity index (χ0v) is 20.5. The molecule has 0 radical (unpaired) electrons. The summed E-state index contributed by atoms with van der Waals surface area (Å²) in [5.74, 6) is 1.10. The van der Waals surface area contributed by atoms with Crippen LogP contribution in [0.15, 0.2) is 35.0 Å². The topological polar surface area (TPSA) is 106 Å². The Bertz CT molecular complexity index is 1170. The van der Waals surface area contributed by atoms with Crippen LogP contribution >= 0.6 is 0 Å². The molecule has 2 fully saturated rings. The van der Waals surface area contributed by atoms with Crippen LogP contribution in [0.5, 0.6) is 5.75 Å². The minimum Gasteiger partial charge on any atom is -0.490 e. The molecule has 9 nitrogen and oxygen atoms in total. The van der Waals surface area contributed by atoms with Gasteiger partial charge in [0.15, 0.2) is 5.75 Å². The predicted molar refractivity (Wildman–Crippen MR) is 130 cm³/mol. The minimum atomic E-state index is -0.476. The zero-order chi connectivity index (χ0) is 25.2. The lowest BCUT2D eigenvalue weighted by atomic mass is 9.94. The molecule has 2 aliphatic heterocycles. The molecule has 2 atom stereocenters. The molecule has 0 amide bonds. The van der Waals surface area contributed by atoms with Gasteiger partial charge >= 0.3 is 6.01 Å². The number of rotatable bonds is 7. The Kier molecular flexibility index (Phi) is 6.99. The molecule has 0 spiro atoms. The summed E-state index contributed by atoms with van der Waals surface area (Å²) in [6.07, 6.45) is 5.21. The molecule has 0 aliphatic carbocycles. The molecule has 11 heteroatoms. The van der Waals surface area contributed by atoms with Crippen molar-refractivity contribution < 1.29 is 17.9 Å². The summed E-state index contributed by atoms with van der Waals surface area (Å²) in [5, 5.41) is 8.28. The molecule has 2 unspecified atom stereocenters. The molecule has 2 N–H and O–H groups in total. The monoisotopic (exact) mass is 499 g/mol. The highest BCUT2D eigenvalue weighted by Crippen LogP contribution is 2.31. The molecule has 5 rings (SSSR count). The van der Waals surface area contributed by atoms with Gasteiger partial charge in [-0.05, 0) is 42.5 Å². The van der Waals surface area contributed by atoms with Crippen LogP contribution in [0.3, 0.4) is 0 Å². The van der Waals surface area contributed by atoms with Crippen molar-refractivity contribution in [1.29, 1.82) is 0 Å². The molecular formula is C25H31F2N7O2. The Morgan fingerprint density at radius 3 is 2.53 bits per heavy atom. The largest absolute Gasteiger partial charge is 0.490 e. The maximum Gasteiger partial charge on any atom is 0.318 e. The lowest BCUT2D eigenvalue weighted by Crippen LogP contribution is -2.35. The summed E-state index contributed by atoms with van der Waals surface area (Å²) in [6.45, 7) is 7.19. The van der Waals surface area contributed by atoms with E-state index in [0.717, 1.165) is 38.1 Å². The third-order valence-electron chi connectivity index (χ3n) is 6.91. The van der Waals surface area contributed by atoms with Gasteiger partial charge in [-0.25, -0.2) is 18.7 Å². The normalized spacial score (nSPS) is 20.9. The van der Waals surface area contributed by atoms with Crippen LogP contribution in [-0.2, 0) is 0 Å². The number of nitrogens with zero attached hydrogens (tertiary/aromatic N) is 6. The summed E-state index contributed by atoms with van der Waals surface area (Å²) in [5.41, 5.74) is 6.54. The van der Waals surface area contributed by atoms with Crippen LogP contribution in [0.1, 0.15) is 50.0 Å². The van der Waals surface area contributed by atoms with E-state index in [1.807, 2.05) is 18.7 Å². The summed E-state index contributed by atoms with van der Waals surface area (Å²) in [6, 6.07) is 3.71. The first-order chi connectivity index (χ1) is 17.4. The molecule has 1 aromatic carbocycles. The number of piperidine rings is 1. The van der Waals surface area contributed by atoms with Crippen LogP contribution in [0.2, 0.25) is 0 Å². The summed E-state index contributed by atoms with van der Waals surface area (Å²) < 4.78 is 39.6. The first-order valence-electron chi connectivity index (χ1n) is 12.4. The fourth-order valence-corrected chi connectivity index (χ4v) is 4.76. The van der Waals surface area contributed by atoms with Gasteiger partial charge in [-0.3, -0.25) is 0 Å². The van der Waals surface area contributed by atoms with E-state index in [0.29, 0.717) is 49.2 Å². The van der Waals surface area contributed by atoms with Crippen molar-refractivity contribution in [2.75, 3.05) is 42.6 Å². The third kappa shape index (κ3) is 5.25. The van der Waals surface area contributed by atoms with Crippen molar-refractivity contribution in [1.82, 2.24) is 20.2 Å². The van der Waals surface area contributed by atoms with Crippen molar-refractivity contribution in [2.45, 2.75) is 44.6 Å². The molecule has 2 aliphatic rings. The fraction of sp³-hybridized carbons (Fsp3) is 0.520. The van der Waals surface area contributed by atoms with E-state index in [2.05, 4.69) is 25.1 Å². The van der Waals surface area contributed by atoms with E-state index in [-0.39, 0.29) is 23.4 Å². The maximum atomic E-state index is 14.3. The second-order valence-electron chi connectivity index (χ2n) is 9.88. The second kappa shape index (κ2) is 10.3. The number of benzene rings is 1. The highest BCUT2D eigenvalue weighted by atomic mass is 19.1. The summed E-state index contributed by atoms with van der Waals surface area (Å²) >= 11 is 0. The molecular weight excluding hydrogens is 468 g/mol. The number of hydrogen-bond acceptors (Lipinski definition) is 9. The molecule has 0 bridgehead atoms. The van der Waals surface area contributed by atoms with Crippen LogP contribution < -0.4 is 20.3 Å². The molecule has 2 aromatic heterocycles. The van der Waals surface area contributed by atoms with E-state index < -0.39 is 11.6 Å². The van der Waals surface area contributed by atoms with Gasteiger partial charge in [-0.15, -0.1) is 5.10 Å². The molecule has 3 aromatic rings. The van der Waals surface area contributed by atoms with Crippen LogP contribution in [-0.4, -0.2) is 59.0 Å². The quantitative estimate of drug-likeness (QED) is 0.523. The SMILES string of the molecule is CC(C)c1nnc(N2CCC(COc3cnc(N4CC(N)C(c5cc(F)ccc5F)C4)nc3)CC2)o1. The van der Waals surface area contributed by atoms with Crippen molar-refractivity contribution in [3.05, 3.63) is 53.7 Å². The Labute approximate surface area is 208 Å². The molecule has 192 valence electrons. The first kappa shape index (κ1) is 24.4. The van der Waals surface area contributed by atoms with E-state index in [9.17, 15) is 8.78 Å². The number of aromatic nitrogens is 4. The Hall–Kier alpha value is -3.34. The number of halogens is 2.